The summed E-state index contributed by atoms with van der Waals surface area (Å²) in [7, 11) is -4.28. The van der Waals surface area contributed by atoms with Crippen LogP contribution in [0.15, 0.2) is 17.0 Å². The van der Waals surface area contributed by atoms with Gasteiger partial charge in [-0.1, -0.05) is 0 Å². The standard InChI is InChI=1S/C13H15F2NO4S/c1-13(2,7-3-4-7)16-21(19,20)9-6-5-8(14)10(11(9)15)12(17)18/h5-7,16H,3-4H2,1-2H3,(H,17,18). The molecule has 1 saturated carbocycles. The average Bonchev–Trinajstić information content (AvgIpc) is 3.09. The van der Waals surface area contributed by atoms with Crippen molar-refractivity contribution in [3.05, 3.63) is 29.3 Å². The number of rotatable bonds is 5. The van der Waals surface area contributed by atoms with Crippen molar-refractivity contribution in [1.82, 2.24) is 4.72 Å². The van der Waals surface area contributed by atoms with Gasteiger partial charge in [0.05, 0.1) is 0 Å². The van der Waals surface area contributed by atoms with Gasteiger partial charge in [0.15, 0.2) is 5.82 Å². The van der Waals surface area contributed by atoms with Crippen LogP contribution in [0.1, 0.15) is 37.0 Å². The zero-order valence-electron chi connectivity index (χ0n) is 11.5. The molecule has 1 aromatic rings. The maximum atomic E-state index is 14.0. The first kappa shape index (κ1) is 15.8. The summed E-state index contributed by atoms with van der Waals surface area (Å²) in [6.45, 7) is 3.34. The van der Waals surface area contributed by atoms with E-state index in [9.17, 15) is 22.0 Å². The summed E-state index contributed by atoms with van der Waals surface area (Å²) >= 11 is 0. The first-order valence-electron chi connectivity index (χ1n) is 6.31. The molecule has 0 unspecified atom stereocenters. The van der Waals surface area contributed by atoms with Crippen LogP contribution in [0.25, 0.3) is 0 Å². The predicted octanol–water partition coefficient (Wildman–Crippen LogP) is 2.13. The summed E-state index contributed by atoms with van der Waals surface area (Å²) in [5.74, 6) is -4.62. The number of sulfonamides is 1. The maximum Gasteiger partial charge on any atom is 0.341 e. The molecule has 0 saturated heterocycles. The van der Waals surface area contributed by atoms with Crippen molar-refractivity contribution in [3.8, 4) is 0 Å². The minimum atomic E-state index is -4.28. The van der Waals surface area contributed by atoms with E-state index in [-0.39, 0.29) is 5.92 Å². The van der Waals surface area contributed by atoms with Crippen LogP contribution in [-0.2, 0) is 10.0 Å². The first-order valence-corrected chi connectivity index (χ1v) is 7.80. The van der Waals surface area contributed by atoms with Gasteiger partial charge in [0.2, 0.25) is 10.0 Å². The largest absolute Gasteiger partial charge is 0.477 e. The summed E-state index contributed by atoms with van der Waals surface area (Å²) in [5, 5.41) is 8.77. The number of benzene rings is 1. The Bertz CT molecular complexity index is 696. The van der Waals surface area contributed by atoms with Crippen molar-refractivity contribution in [3.63, 3.8) is 0 Å². The highest BCUT2D eigenvalue weighted by Crippen LogP contribution is 2.40. The minimum absolute atomic E-state index is 0.148. The topological polar surface area (TPSA) is 83.5 Å². The molecule has 0 aliphatic heterocycles. The number of hydrogen-bond donors (Lipinski definition) is 2. The fourth-order valence-electron chi connectivity index (χ4n) is 2.23. The molecule has 1 aliphatic rings. The lowest BCUT2D eigenvalue weighted by Gasteiger charge is -2.26. The van der Waals surface area contributed by atoms with E-state index in [1.165, 1.54) is 0 Å². The molecule has 2 N–H and O–H groups in total. The van der Waals surface area contributed by atoms with Gasteiger partial charge < -0.3 is 5.11 Å². The number of aromatic carboxylic acids is 1. The molecule has 1 fully saturated rings. The van der Waals surface area contributed by atoms with Crippen LogP contribution in [0, 0.1) is 17.6 Å². The highest BCUT2D eigenvalue weighted by Gasteiger charge is 2.41. The Hall–Kier alpha value is -1.54. The van der Waals surface area contributed by atoms with E-state index in [0.29, 0.717) is 6.07 Å². The quantitative estimate of drug-likeness (QED) is 0.871. The van der Waals surface area contributed by atoms with Crippen LogP contribution < -0.4 is 4.72 Å². The lowest BCUT2D eigenvalue weighted by Crippen LogP contribution is -2.45. The minimum Gasteiger partial charge on any atom is -0.477 e. The van der Waals surface area contributed by atoms with E-state index >= 15 is 0 Å². The zero-order valence-corrected chi connectivity index (χ0v) is 12.3. The number of halogens is 2. The molecule has 1 aromatic carbocycles. The number of carbonyl (C=O) groups is 1. The molecule has 0 heterocycles. The monoisotopic (exact) mass is 319 g/mol. The zero-order chi connectivity index (χ0) is 16.0. The third-order valence-corrected chi connectivity index (χ3v) is 5.24. The molecule has 0 bridgehead atoms. The van der Waals surface area contributed by atoms with E-state index < -0.39 is 43.6 Å². The van der Waals surface area contributed by atoms with Crippen molar-refractivity contribution in [2.24, 2.45) is 5.92 Å². The molecular weight excluding hydrogens is 304 g/mol. The van der Waals surface area contributed by atoms with Crippen LogP contribution in [0.4, 0.5) is 8.78 Å². The van der Waals surface area contributed by atoms with Gasteiger partial charge >= 0.3 is 5.97 Å². The highest BCUT2D eigenvalue weighted by atomic mass is 32.2. The molecular formula is C13H15F2NO4S. The molecule has 116 valence electrons. The van der Waals surface area contributed by atoms with Crippen molar-refractivity contribution in [2.45, 2.75) is 37.1 Å². The highest BCUT2D eigenvalue weighted by molar-refractivity contribution is 7.89. The van der Waals surface area contributed by atoms with Gasteiger partial charge in [-0.15, -0.1) is 0 Å². The summed E-state index contributed by atoms with van der Waals surface area (Å²) < 4.78 is 54.1. The Morgan fingerprint density at radius 3 is 2.38 bits per heavy atom. The second-order valence-corrected chi connectivity index (χ2v) is 7.29. The van der Waals surface area contributed by atoms with Gasteiger partial charge in [0, 0.05) is 5.54 Å². The third-order valence-electron chi connectivity index (χ3n) is 3.55. The van der Waals surface area contributed by atoms with Crippen LogP contribution >= 0.6 is 0 Å². The van der Waals surface area contributed by atoms with E-state index in [1.807, 2.05) is 0 Å². The lowest BCUT2D eigenvalue weighted by molar-refractivity contribution is 0.0685. The lowest BCUT2D eigenvalue weighted by atomic mass is 10.0. The normalized spacial score (nSPS) is 16.0. The van der Waals surface area contributed by atoms with Gasteiger partial charge in [-0.2, -0.15) is 0 Å². The van der Waals surface area contributed by atoms with Gasteiger partial charge in [-0.3, -0.25) is 0 Å². The molecule has 0 atom stereocenters. The average molecular weight is 319 g/mol. The third kappa shape index (κ3) is 3.06. The molecule has 8 heteroatoms. The van der Waals surface area contributed by atoms with E-state index in [2.05, 4.69) is 4.72 Å². The van der Waals surface area contributed by atoms with E-state index in [0.717, 1.165) is 18.9 Å². The smallest absolute Gasteiger partial charge is 0.341 e. The van der Waals surface area contributed by atoms with Crippen LogP contribution in [-0.4, -0.2) is 25.0 Å². The molecule has 0 radical (unpaired) electrons. The summed E-state index contributed by atoms with van der Waals surface area (Å²) in [6, 6.07) is 1.35. The molecule has 0 aromatic heterocycles. The summed E-state index contributed by atoms with van der Waals surface area (Å²) in [5.41, 5.74) is -2.05. The Morgan fingerprint density at radius 1 is 1.33 bits per heavy atom. The summed E-state index contributed by atoms with van der Waals surface area (Å²) in [4.78, 5) is 9.96. The van der Waals surface area contributed by atoms with Gasteiger partial charge in [0.1, 0.15) is 16.3 Å². The molecule has 5 nitrogen and oxygen atoms in total. The van der Waals surface area contributed by atoms with Gasteiger partial charge in [-0.05, 0) is 44.7 Å². The van der Waals surface area contributed by atoms with Crippen molar-refractivity contribution >= 4 is 16.0 Å². The molecule has 0 spiro atoms. The number of carboxylic acids is 1. The van der Waals surface area contributed by atoms with Crippen LogP contribution in [0.2, 0.25) is 0 Å². The Labute approximate surface area is 121 Å². The predicted molar refractivity (Wildman–Crippen MR) is 70.4 cm³/mol. The fraction of sp³-hybridized carbons (Fsp3) is 0.462. The number of nitrogens with one attached hydrogen (secondary N) is 1. The summed E-state index contributed by atoms with van der Waals surface area (Å²) in [6.07, 6.45) is 1.73. The second-order valence-electron chi connectivity index (χ2n) is 5.64. The Kier molecular flexibility index (Phi) is 3.79. The molecule has 0 amide bonds. The fourth-order valence-corrected chi connectivity index (χ4v) is 3.78. The first-order chi connectivity index (χ1) is 9.56. The van der Waals surface area contributed by atoms with Crippen molar-refractivity contribution in [1.29, 1.82) is 0 Å². The van der Waals surface area contributed by atoms with Crippen molar-refractivity contribution in [2.75, 3.05) is 0 Å². The maximum absolute atomic E-state index is 14.0. The Balaban J connectivity index is 2.45. The SMILES string of the molecule is CC(C)(NS(=O)(=O)c1ccc(F)c(C(=O)O)c1F)C1CC1. The van der Waals surface area contributed by atoms with Gasteiger partial charge in [0.25, 0.3) is 0 Å². The van der Waals surface area contributed by atoms with Gasteiger partial charge in [-0.25, -0.2) is 26.7 Å². The Morgan fingerprint density at radius 2 is 1.90 bits per heavy atom. The van der Waals surface area contributed by atoms with Crippen LogP contribution in [0.3, 0.4) is 0 Å². The molecule has 21 heavy (non-hydrogen) atoms. The molecule has 1 aliphatic carbocycles. The van der Waals surface area contributed by atoms with E-state index in [4.69, 9.17) is 5.11 Å². The van der Waals surface area contributed by atoms with Crippen molar-refractivity contribution < 1.29 is 27.1 Å². The number of hydrogen-bond acceptors (Lipinski definition) is 3. The number of carboxylic acid groups (broad SMARTS) is 1. The van der Waals surface area contributed by atoms with Crippen LogP contribution in [0.5, 0.6) is 0 Å². The second kappa shape index (κ2) is 5.03. The van der Waals surface area contributed by atoms with E-state index in [1.54, 1.807) is 13.8 Å². The molecule has 2 rings (SSSR count).